The molecule has 0 heterocycles. The lowest BCUT2D eigenvalue weighted by Crippen LogP contribution is -2.23. The summed E-state index contributed by atoms with van der Waals surface area (Å²) in [5.41, 5.74) is 7.23. The summed E-state index contributed by atoms with van der Waals surface area (Å²) in [7, 11) is 0. The molecule has 0 aliphatic rings. The van der Waals surface area contributed by atoms with E-state index in [9.17, 15) is 0 Å². The number of nitrogens with two attached hydrogens (primary N) is 1. The van der Waals surface area contributed by atoms with Crippen molar-refractivity contribution in [3.05, 3.63) is 34.9 Å². The van der Waals surface area contributed by atoms with Gasteiger partial charge < -0.3 is 5.73 Å². The molecule has 2 heteroatoms. The number of benzene rings is 1. The Bertz CT molecular complexity index is 296. The van der Waals surface area contributed by atoms with Crippen LogP contribution in [0.25, 0.3) is 0 Å². The van der Waals surface area contributed by atoms with Crippen LogP contribution in [0, 0.1) is 5.92 Å². The van der Waals surface area contributed by atoms with Crippen LogP contribution in [0.3, 0.4) is 0 Å². The SMILES string of the molecule is CC(C)CCC(N)Cc1ccccc1Cl. The van der Waals surface area contributed by atoms with Crippen LogP contribution in [-0.4, -0.2) is 6.04 Å². The maximum absolute atomic E-state index is 6.08. The highest BCUT2D eigenvalue weighted by molar-refractivity contribution is 6.31. The molecule has 1 nitrogen and oxygen atoms in total. The lowest BCUT2D eigenvalue weighted by molar-refractivity contribution is 0.495. The van der Waals surface area contributed by atoms with E-state index in [1.165, 1.54) is 6.42 Å². The predicted molar refractivity (Wildman–Crippen MR) is 67.2 cm³/mol. The number of hydrogen-bond acceptors (Lipinski definition) is 1. The fourth-order valence-corrected chi connectivity index (χ4v) is 1.81. The minimum absolute atomic E-state index is 0.229. The topological polar surface area (TPSA) is 26.0 Å². The first-order valence-corrected chi connectivity index (χ1v) is 5.96. The standard InChI is InChI=1S/C13H20ClN/c1-10(2)7-8-12(15)9-11-5-3-4-6-13(11)14/h3-6,10,12H,7-9,15H2,1-2H3. The maximum Gasteiger partial charge on any atom is 0.0438 e. The van der Waals surface area contributed by atoms with Gasteiger partial charge in [0.15, 0.2) is 0 Å². The Morgan fingerprint density at radius 3 is 2.47 bits per heavy atom. The molecule has 0 saturated heterocycles. The minimum atomic E-state index is 0.229. The van der Waals surface area contributed by atoms with Crippen molar-refractivity contribution in [1.82, 2.24) is 0 Å². The van der Waals surface area contributed by atoms with Gasteiger partial charge in [0, 0.05) is 11.1 Å². The molecule has 1 rings (SSSR count). The second-order valence-electron chi connectivity index (χ2n) is 4.53. The maximum atomic E-state index is 6.08. The minimum Gasteiger partial charge on any atom is -0.327 e. The third-order valence-corrected chi connectivity index (χ3v) is 2.92. The first-order valence-electron chi connectivity index (χ1n) is 5.58. The molecule has 0 radical (unpaired) electrons. The normalized spacial score (nSPS) is 13.1. The van der Waals surface area contributed by atoms with Crippen molar-refractivity contribution in [3.8, 4) is 0 Å². The van der Waals surface area contributed by atoms with Crippen LogP contribution in [-0.2, 0) is 6.42 Å². The summed E-state index contributed by atoms with van der Waals surface area (Å²) in [5, 5.41) is 0.831. The van der Waals surface area contributed by atoms with Gasteiger partial charge in [0.2, 0.25) is 0 Å². The Morgan fingerprint density at radius 2 is 1.87 bits per heavy atom. The number of hydrogen-bond donors (Lipinski definition) is 1. The van der Waals surface area contributed by atoms with E-state index in [2.05, 4.69) is 19.9 Å². The lowest BCUT2D eigenvalue weighted by atomic mass is 9.98. The van der Waals surface area contributed by atoms with Gasteiger partial charge in [-0.2, -0.15) is 0 Å². The van der Waals surface area contributed by atoms with E-state index in [0.717, 1.165) is 29.3 Å². The van der Waals surface area contributed by atoms with Crippen molar-refractivity contribution in [2.45, 2.75) is 39.2 Å². The van der Waals surface area contributed by atoms with Gasteiger partial charge in [-0.15, -0.1) is 0 Å². The second kappa shape index (κ2) is 6.14. The Balaban J connectivity index is 2.44. The summed E-state index contributed by atoms with van der Waals surface area (Å²) in [5.74, 6) is 0.724. The largest absolute Gasteiger partial charge is 0.327 e. The zero-order valence-corrected chi connectivity index (χ0v) is 10.3. The molecule has 0 aliphatic carbocycles. The summed E-state index contributed by atoms with van der Waals surface area (Å²) in [6, 6.07) is 8.16. The van der Waals surface area contributed by atoms with Crippen molar-refractivity contribution < 1.29 is 0 Å². The summed E-state index contributed by atoms with van der Waals surface area (Å²) in [6.07, 6.45) is 3.14. The monoisotopic (exact) mass is 225 g/mol. The third-order valence-electron chi connectivity index (χ3n) is 2.55. The van der Waals surface area contributed by atoms with Crippen LogP contribution in [0.2, 0.25) is 5.02 Å². The predicted octanol–water partition coefficient (Wildman–Crippen LogP) is 3.65. The van der Waals surface area contributed by atoms with Crippen molar-refractivity contribution >= 4 is 11.6 Å². The smallest absolute Gasteiger partial charge is 0.0438 e. The van der Waals surface area contributed by atoms with E-state index in [1.54, 1.807) is 0 Å². The second-order valence-corrected chi connectivity index (χ2v) is 4.93. The Kier molecular flexibility index (Phi) is 5.13. The van der Waals surface area contributed by atoms with Gasteiger partial charge in [-0.3, -0.25) is 0 Å². The van der Waals surface area contributed by atoms with Gasteiger partial charge in [-0.1, -0.05) is 43.6 Å². The number of halogens is 1. The number of rotatable bonds is 5. The molecule has 0 aliphatic heterocycles. The van der Waals surface area contributed by atoms with Crippen LogP contribution in [0.5, 0.6) is 0 Å². The average molecular weight is 226 g/mol. The van der Waals surface area contributed by atoms with Gasteiger partial charge in [-0.05, 0) is 36.8 Å². The van der Waals surface area contributed by atoms with E-state index in [-0.39, 0.29) is 6.04 Å². The summed E-state index contributed by atoms with van der Waals surface area (Å²) in [6.45, 7) is 4.45. The molecule has 0 spiro atoms. The molecule has 0 bridgehead atoms. The summed E-state index contributed by atoms with van der Waals surface area (Å²) in [4.78, 5) is 0. The molecule has 0 aromatic heterocycles. The highest BCUT2D eigenvalue weighted by Gasteiger charge is 2.07. The highest BCUT2D eigenvalue weighted by Crippen LogP contribution is 2.18. The van der Waals surface area contributed by atoms with E-state index in [1.807, 2.05) is 18.2 Å². The van der Waals surface area contributed by atoms with E-state index in [4.69, 9.17) is 17.3 Å². The molecule has 84 valence electrons. The van der Waals surface area contributed by atoms with Crippen molar-refractivity contribution in [1.29, 1.82) is 0 Å². The van der Waals surface area contributed by atoms with E-state index >= 15 is 0 Å². The molecule has 1 aromatic rings. The Hall–Kier alpha value is -0.530. The van der Waals surface area contributed by atoms with Crippen molar-refractivity contribution in [2.75, 3.05) is 0 Å². The first-order chi connectivity index (χ1) is 7.09. The van der Waals surface area contributed by atoms with Gasteiger partial charge in [0.25, 0.3) is 0 Å². The van der Waals surface area contributed by atoms with E-state index < -0.39 is 0 Å². The quantitative estimate of drug-likeness (QED) is 0.814. The molecule has 1 atom stereocenters. The lowest BCUT2D eigenvalue weighted by Gasteiger charge is -2.13. The van der Waals surface area contributed by atoms with Crippen LogP contribution in [0.1, 0.15) is 32.3 Å². The van der Waals surface area contributed by atoms with Gasteiger partial charge in [0.05, 0.1) is 0 Å². The van der Waals surface area contributed by atoms with Crippen molar-refractivity contribution in [2.24, 2.45) is 11.7 Å². The summed E-state index contributed by atoms with van der Waals surface area (Å²) < 4.78 is 0. The fourth-order valence-electron chi connectivity index (χ4n) is 1.60. The zero-order chi connectivity index (χ0) is 11.3. The molecule has 2 N–H and O–H groups in total. The average Bonchev–Trinajstić information content (AvgIpc) is 2.18. The van der Waals surface area contributed by atoms with E-state index in [0.29, 0.717) is 0 Å². The van der Waals surface area contributed by atoms with Crippen LogP contribution < -0.4 is 5.73 Å². The van der Waals surface area contributed by atoms with Crippen LogP contribution in [0.15, 0.2) is 24.3 Å². The molecule has 15 heavy (non-hydrogen) atoms. The molecule has 0 amide bonds. The van der Waals surface area contributed by atoms with Gasteiger partial charge in [0.1, 0.15) is 0 Å². The Labute approximate surface area is 97.6 Å². The van der Waals surface area contributed by atoms with Crippen molar-refractivity contribution in [3.63, 3.8) is 0 Å². The van der Waals surface area contributed by atoms with Gasteiger partial charge in [-0.25, -0.2) is 0 Å². The third kappa shape index (κ3) is 4.67. The molecular weight excluding hydrogens is 206 g/mol. The summed E-state index contributed by atoms with van der Waals surface area (Å²) >= 11 is 6.08. The first kappa shape index (κ1) is 12.5. The zero-order valence-electron chi connectivity index (χ0n) is 9.54. The molecule has 1 unspecified atom stereocenters. The van der Waals surface area contributed by atoms with Gasteiger partial charge >= 0.3 is 0 Å². The van der Waals surface area contributed by atoms with Crippen LogP contribution in [0.4, 0.5) is 0 Å². The highest BCUT2D eigenvalue weighted by atomic mass is 35.5. The molecule has 1 aromatic carbocycles. The molecule has 0 saturated carbocycles. The Morgan fingerprint density at radius 1 is 1.20 bits per heavy atom. The molecular formula is C13H20ClN. The fraction of sp³-hybridized carbons (Fsp3) is 0.538. The molecule has 0 fully saturated rings. The van der Waals surface area contributed by atoms with Crippen LogP contribution >= 0.6 is 11.6 Å².